The molecule has 0 aromatic carbocycles. The largest absolute Gasteiger partial charge is 0.481 e. The molecule has 6 heteroatoms. The molecule has 80 valence electrons. The summed E-state index contributed by atoms with van der Waals surface area (Å²) in [5.74, 6) is -3.77. The highest BCUT2D eigenvalue weighted by molar-refractivity contribution is 7.37. The number of rotatable bonds is 4. The highest BCUT2D eigenvalue weighted by Gasteiger charge is 2.30. The molecule has 0 aromatic rings. The minimum atomic E-state index is -1.32. The fourth-order valence-corrected chi connectivity index (χ4v) is 1.93. The zero-order valence-corrected chi connectivity index (χ0v) is 8.64. The third-order valence-electron chi connectivity index (χ3n) is 1.78. The van der Waals surface area contributed by atoms with Crippen LogP contribution >= 0.6 is 8.81 Å². The van der Waals surface area contributed by atoms with E-state index in [0.29, 0.717) is 5.31 Å². The number of hydrogen-bond donors (Lipinski definition) is 2. The summed E-state index contributed by atoms with van der Waals surface area (Å²) in [5.41, 5.74) is -0.361. The van der Waals surface area contributed by atoms with E-state index in [-0.39, 0.29) is 14.4 Å². The highest BCUT2D eigenvalue weighted by Crippen LogP contribution is 2.37. The van der Waals surface area contributed by atoms with Crippen molar-refractivity contribution in [3.63, 3.8) is 0 Å². The van der Waals surface area contributed by atoms with E-state index in [2.05, 4.69) is 6.58 Å². The molecule has 0 radical (unpaired) electrons. The Bertz CT molecular complexity index is 369. The second kappa shape index (κ2) is 4.75. The first-order valence-corrected chi connectivity index (χ1v) is 4.88. The molecule has 1 aliphatic heterocycles. The van der Waals surface area contributed by atoms with E-state index >= 15 is 0 Å². The molecule has 0 amide bonds. The van der Waals surface area contributed by atoms with E-state index in [4.69, 9.17) is 14.7 Å². The second-order valence-electron chi connectivity index (χ2n) is 2.77. The van der Waals surface area contributed by atoms with Gasteiger partial charge in [-0.2, -0.15) is 0 Å². The van der Waals surface area contributed by atoms with Gasteiger partial charge < -0.3 is 14.7 Å². The topological polar surface area (TPSA) is 83.8 Å². The maximum absolute atomic E-state index is 10.9. The number of allylic oxidation sites excluding steroid dienone is 2. The molecule has 0 saturated carbocycles. The van der Waals surface area contributed by atoms with Gasteiger partial charge in [-0.25, -0.2) is 4.79 Å². The normalized spacial score (nSPS) is 17.7. The van der Waals surface area contributed by atoms with Crippen LogP contribution in [-0.4, -0.2) is 22.2 Å². The van der Waals surface area contributed by atoms with Crippen LogP contribution in [0.4, 0.5) is 0 Å². The van der Waals surface area contributed by atoms with Crippen molar-refractivity contribution >= 4 is 20.7 Å². The van der Waals surface area contributed by atoms with Gasteiger partial charge in [-0.15, -0.1) is 0 Å². The third kappa shape index (κ3) is 2.67. The van der Waals surface area contributed by atoms with Crippen molar-refractivity contribution in [2.45, 2.75) is 0 Å². The molecule has 1 rings (SSSR count). The Morgan fingerprint density at radius 1 is 1.47 bits per heavy atom. The van der Waals surface area contributed by atoms with Crippen LogP contribution < -0.4 is 0 Å². The number of carbonyl (C=O) groups is 2. The first kappa shape index (κ1) is 11.5. The van der Waals surface area contributed by atoms with Gasteiger partial charge in [0, 0.05) is 10.9 Å². The summed E-state index contributed by atoms with van der Waals surface area (Å²) >= 11 is 0. The molecule has 0 aromatic heterocycles. The van der Waals surface area contributed by atoms with Gasteiger partial charge in [0.2, 0.25) is 0 Å². The van der Waals surface area contributed by atoms with Crippen molar-refractivity contribution in [3.8, 4) is 0 Å². The van der Waals surface area contributed by atoms with Gasteiger partial charge in [0.25, 0.3) is 0 Å². The molecular weight excluding hydrogens is 219 g/mol. The van der Waals surface area contributed by atoms with E-state index < -0.39 is 17.9 Å². The minimum Gasteiger partial charge on any atom is -0.481 e. The highest BCUT2D eigenvalue weighted by atomic mass is 31.1. The predicted molar refractivity (Wildman–Crippen MR) is 54.5 cm³/mol. The molecule has 1 aliphatic rings. The SMILES string of the molecule is C=C(C(=O)O)C(C(=O)O)C1=CC=COP1. The van der Waals surface area contributed by atoms with E-state index in [1.54, 1.807) is 0 Å². The van der Waals surface area contributed by atoms with Crippen LogP contribution in [-0.2, 0) is 14.1 Å². The molecule has 0 bridgehead atoms. The Labute approximate surface area is 87.6 Å². The maximum Gasteiger partial charge on any atom is 0.332 e. The Hall–Kier alpha value is -1.61. The Balaban J connectivity index is 2.97. The summed E-state index contributed by atoms with van der Waals surface area (Å²) in [6.07, 6.45) is 4.48. The second-order valence-corrected chi connectivity index (χ2v) is 3.79. The average molecular weight is 228 g/mol. The lowest BCUT2D eigenvalue weighted by molar-refractivity contribution is -0.142. The van der Waals surface area contributed by atoms with Gasteiger partial charge in [-0.3, -0.25) is 4.79 Å². The zero-order valence-electron chi connectivity index (χ0n) is 7.64. The predicted octanol–water partition coefficient (Wildman–Crippen LogP) is 1.35. The van der Waals surface area contributed by atoms with Gasteiger partial charge in [-0.05, 0) is 6.08 Å². The molecule has 0 spiro atoms. The standard InChI is InChI=1S/C9H9O5P/c1-5(8(10)11)7(9(12)13)6-3-2-4-14-15-6/h2-4,7,15H,1H2,(H,10,11)(H,12,13). The van der Waals surface area contributed by atoms with Crippen molar-refractivity contribution in [2.24, 2.45) is 5.92 Å². The van der Waals surface area contributed by atoms with Gasteiger partial charge in [-0.1, -0.05) is 12.7 Å². The molecule has 0 fully saturated rings. The molecular formula is C9H9O5P. The van der Waals surface area contributed by atoms with Crippen LogP contribution in [0.2, 0.25) is 0 Å². The van der Waals surface area contributed by atoms with Crippen LogP contribution in [0.3, 0.4) is 0 Å². The Morgan fingerprint density at radius 2 is 2.13 bits per heavy atom. The summed E-state index contributed by atoms with van der Waals surface area (Å²) in [7, 11) is -0.179. The molecule has 15 heavy (non-hydrogen) atoms. The quantitative estimate of drug-likeness (QED) is 0.560. The molecule has 0 saturated heterocycles. The molecule has 2 N–H and O–H groups in total. The van der Waals surface area contributed by atoms with Crippen molar-refractivity contribution in [1.82, 2.24) is 0 Å². The number of carboxylic acid groups (broad SMARTS) is 2. The monoisotopic (exact) mass is 228 g/mol. The number of carboxylic acids is 2. The Morgan fingerprint density at radius 3 is 2.53 bits per heavy atom. The zero-order chi connectivity index (χ0) is 11.4. The number of aliphatic carboxylic acids is 2. The average Bonchev–Trinajstić information content (AvgIpc) is 2.18. The van der Waals surface area contributed by atoms with Crippen molar-refractivity contribution in [3.05, 3.63) is 35.9 Å². The van der Waals surface area contributed by atoms with E-state index in [1.165, 1.54) is 18.4 Å². The Kier molecular flexibility index (Phi) is 3.63. The summed E-state index contributed by atoms with van der Waals surface area (Å²) < 4.78 is 4.92. The van der Waals surface area contributed by atoms with E-state index in [0.717, 1.165) is 0 Å². The lowest BCUT2D eigenvalue weighted by Gasteiger charge is -2.17. The first-order valence-electron chi connectivity index (χ1n) is 3.97. The minimum absolute atomic E-state index is 0.179. The maximum atomic E-state index is 10.9. The summed E-state index contributed by atoms with van der Waals surface area (Å²) in [6, 6.07) is 0. The van der Waals surface area contributed by atoms with Crippen LogP contribution in [0.25, 0.3) is 0 Å². The van der Waals surface area contributed by atoms with Gasteiger partial charge in [0.1, 0.15) is 14.7 Å². The summed E-state index contributed by atoms with van der Waals surface area (Å²) in [6.45, 7) is 3.25. The van der Waals surface area contributed by atoms with Crippen LogP contribution in [0.5, 0.6) is 0 Å². The molecule has 2 atom stereocenters. The van der Waals surface area contributed by atoms with E-state index in [1.807, 2.05) is 0 Å². The fraction of sp³-hybridized carbons (Fsp3) is 0.111. The molecule has 5 nitrogen and oxygen atoms in total. The van der Waals surface area contributed by atoms with Crippen molar-refractivity contribution < 1.29 is 24.3 Å². The fourth-order valence-electron chi connectivity index (χ4n) is 1.07. The van der Waals surface area contributed by atoms with Gasteiger partial charge in [0.05, 0.1) is 6.26 Å². The summed E-state index contributed by atoms with van der Waals surface area (Å²) in [4.78, 5) is 21.5. The molecule has 1 heterocycles. The van der Waals surface area contributed by atoms with Crippen LogP contribution in [0.15, 0.2) is 35.9 Å². The van der Waals surface area contributed by atoms with Crippen molar-refractivity contribution in [2.75, 3.05) is 0 Å². The van der Waals surface area contributed by atoms with Gasteiger partial charge >= 0.3 is 11.9 Å². The van der Waals surface area contributed by atoms with Crippen molar-refractivity contribution in [1.29, 1.82) is 0 Å². The first-order chi connectivity index (χ1) is 7.04. The smallest absolute Gasteiger partial charge is 0.332 e. The number of hydrogen-bond acceptors (Lipinski definition) is 3. The lowest BCUT2D eigenvalue weighted by Crippen LogP contribution is -2.21. The summed E-state index contributed by atoms with van der Waals surface area (Å²) in [5, 5.41) is 18.0. The van der Waals surface area contributed by atoms with E-state index in [9.17, 15) is 9.59 Å². The van der Waals surface area contributed by atoms with Crippen LogP contribution in [0, 0.1) is 5.92 Å². The molecule has 2 unspecified atom stereocenters. The van der Waals surface area contributed by atoms with Crippen LogP contribution in [0.1, 0.15) is 0 Å². The molecule has 0 aliphatic carbocycles. The van der Waals surface area contributed by atoms with Gasteiger partial charge in [0.15, 0.2) is 0 Å². The third-order valence-corrected chi connectivity index (χ3v) is 2.73. The lowest BCUT2D eigenvalue weighted by atomic mass is 10.00.